The van der Waals surface area contributed by atoms with Crippen LogP contribution in [0.25, 0.3) is 0 Å². The van der Waals surface area contributed by atoms with Crippen LogP contribution in [0.3, 0.4) is 0 Å². The molecule has 8 nitrogen and oxygen atoms in total. The fourth-order valence-electron chi connectivity index (χ4n) is 3.81. The van der Waals surface area contributed by atoms with Crippen molar-refractivity contribution in [1.82, 2.24) is 4.31 Å². The average molecular weight is 490 g/mol. The molecule has 0 aromatic heterocycles. The first-order valence-electron chi connectivity index (χ1n) is 10.8. The molecule has 0 unspecified atom stereocenters. The van der Waals surface area contributed by atoms with Gasteiger partial charge in [0.25, 0.3) is 0 Å². The maximum Gasteiger partial charge on any atom is 0.244 e. The highest BCUT2D eigenvalue weighted by Gasteiger charge is 2.32. The highest BCUT2D eigenvalue weighted by molar-refractivity contribution is 7.99. The van der Waals surface area contributed by atoms with Crippen molar-refractivity contribution < 1.29 is 22.7 Å². The van der Waals surface area contributed by atoms with Crippen LogP contribution in [0.1, 0.15) is 12.5 Å². The minimum atomic E-state index is -3.74. The van der Waals surface area contributed by atoms with E-state index in [2.05, 4.69) is 5.32 Å². The Bertz CT molecular complexity index is 1160. The molecule has 2 aliphatic rings. The van der Waals surface area contributed by atoms with Crippen molar-refractivity contribution in [3.8, 4) is 0 Å². The summed E-state index contributed by atoms with van der Waals surface area (Å²) in [6.45, 7) is 4.77. The first-order valence-corrected chi connectivity index (χ1v) is 13.2. The lowest BCUT2D eigenvalue weighted by Crippen LogP contribution is -2.42. The van der Waals surface area contributed by atoms with Crippen LogP contribution in [-0.4, -0.2) is 63.1 Å². The third-order valence-corrected chi connectivity index (χ3v) is 8.94. The van der Waals surface area contributed by atoms with Gasteiger partial charge in [-0.2, -0.15) is 4.31 Å². The van der Waals surface area contributed by atoms with E-state index in [0.717, 1.165) is 10.5 Å². The molecule has 1 fully saturated rings. The van der Waals surface area contributed by atoms with Gasteiger partial charge in [0.2, 0.25) is 21.8 Å². The molecule has 4 rings (SSSR count). The van der Waals surface area contributed by atoms with Gasteiger partial charge in [-0.25, -0.2) is 8.42 Å². The summed E-state index contributed by atoms with van der Waals surface area (Å²) < 4.78 is 33.1. The number of nitrogens with one attached hydrogen (secondary N) is 1. The number of aryl methyl sites for hydroxylation is 1. The Morgan fingerprint density at radius 3 is 2.64 bits per heavy atom. The van der Waals surface area contributed by atoms with Crippen molar-refractivity contribution in [2.24, 2.45) is 5.92 Å². The van der Waals surface area contributed by atoms with Crippen molar-refractivity contribution >= 4 is 45.0 Å². The molecule has 0 bridgehead atoms. The summed E-state index contributed by atoms with van der Waals surface area (Å²) in [7, 11) is -3.74. The molecule has 2 heterocycles. The van der Waals surface area contributed by atoms with E-state index in [1.807, 2.05) is 32.0 Å². The minimum Gasteiger partial charge on any atom is -0.379 e. The van der Waals surface area contributed by atoms with Crippen LogP contribution in [0.5, 0.6) is 0 Å². The van der Waals surface area contributed by atoms with Gasteiger partial charge in [-0.05, 0) is 36.8 Å². The Labute approximate surface area is 198 Å². The molecule has 176 valence electrons. The van der Waals surface area contributed by atoms with E-state index >= 15 is 0 Å². The van der Waals surface area contributed by atoms with E-state index in [0.29, 0.717) is 30.3 Å². The van der Waals surface area contributed by atoms with Crippen molar-refractivity contribution in [3.63, 3.8) is 0 Å². The summed E-state index contributed by atoms with van der Waals surface area (Å²) in [6, 6.07) is 12.2. The fraction of sp³-hybridized carbons (Fsp3) is 0.391. The van der Waals surface area contributed by atoms with Crippen LogP contribution in [0.4, 0.5) is 11.4 Å². The maximum absolute atomic E-state index is 13.2. The molecule has 10 heteroatoms. The molecule has 1 atom stereocenters. The van der Waals surface area contributed by atoms with Crippen molar-refractivity contribution in [2.75, 3.05) is 48.8 Å². The average Bonchev–Trinajstić information content (AvgIpc) is 2.93. The maximum atomic E-state index is 13.2. The van der Waals surface area contributed by atoms with E-state index in [4.69, 9.17) is 4.74 Å². The number of anilines is 2. The summed E-state index contributed by atoms with van der Waals surface area (Å²) in [4.78, 5) is 28.4. The number of hydrogen-bond acceptors (Lipinski definition) is 6. The summed E-state index contributed by atoms with van der Waals surface area (Å²) in [5, 5.41) is 2.86. The second-order valence-electron chi connectivity index (χ2n) is 8.15. The summed E-state index contributed by atoms with van der Waals surface area (Å²) >= 11 is 1.49. The van der Waals surface area contributed by atoms with Crippen molar-refractivity contribution in [2.45, 2.75) is 23.6 Å². The van der Waals surface area contributed by atoms with Gasteiger partial charge in [-0.1, -0.05) is 25.1 Å². The summed E-state index contributed by atoms with van der Waals surface area (Å²) in [5.74, 6) is -0.309. The van der Waals surface area contributed by atoms with Gasteiger partial charge < -0.3 is 15.0 Å². The zero-order valence-corrected chi connectivity index (χ0v) is 20.2. The monoisotopic (exact) mass is 489 g/mol. The van der Waals surface area contributed by atoms with Gasteiger partial charge in [-0.15, -0.1) is 11.8 Å². The molecule has 0 aliphatic carbocycles. The van der Waals surface area contributed by atoms with Crippen LogP contribution in [0, 0.1) is 12.8 Å². The third kappa shape index (κ3) is 5.08. The molecule has 2 aromatic carbocycles. The molecule has 0 spiro atoms. The van der Waals surface area contributed by atoms with Gasteiger partial charge >= 0.3 is 0 Å². The highest BCUT2D eigenvalue weighted by atomic mass is 32.2. The third-order valence-electron chi connectivity index (χ3n) is 5.73. The van der Waals surface area contributed by atoms with Gasteiger partial charge in [0.15, 0.2) is 0 Å². The molecule has 0 saturated carbocycles. The second kappa shape index (κ2) is 9.84. The number of nitrogens with zero attached hydrogens (tertiary/aromatic N) is 2. The number of rotatable bonds is 5. The van der Waals surface area contributed by atoms with E-state index in [9.17, 15) is 18.0 Å². The summed E-state index contributed by atoms with van der Waals surface area (Å²) in [5.41, 5.74) is 2.04. The van der Waals surface area contributed by atoms with Crippen molar-refractivity contribution in [3.05, 3.63) is 48.0 Å². The van der Waals surface area contributed by atoms with Crippen LogP contribution >= 0.6 is 11.8 Å². The highest BCUT2D eigenvalue weighted by Crippen LogP contribution is 2.38. The van der Waals surface area contributed by atoms with Gasteiger partial charge in [0.1, 0.15) is 6.54 Å². The number of thioether (sulfide) groups is 1. The number of carbonyl (C=O) groups is 2. The second-order valence-corrected chi connectivity index (χ2v) is 11.1. The molecule has 1 N–H and O–H groups in total. The van der Waals surface area contributed by atoms with E-state index in [1.54, 1.807) is 18.2 Å². The Morgan fingerprint density at radius 1 is 1.18 bits per heavy atom. The number of benzene rings is 2. The molecule has 2 aromatic rings. The van der Waals surface area contributed by atoms with Crippen molar-refractivity contribution in [1.29, 1.82) is 0 Å². The number of morpholine rings is 1. The standard InChI is InChI=1S/C23H27N3O5S2/c1-16-5-3-4-6-19(16)24-22(27)14-26-20-13-18(33(29,30)25-9-11-31-12-10-25)7-8-21(20)32-15-17(2)23(26)28/h3-8,13,17H,9-12,14-15H2,1-2H3,(H,24,27)/t17-/m0/s1. The minimum absolute atomic E-state index is 0.107. The molecular weight excluding hydrogens is 462 g/mol. The zero-order valence-electron chi connectivity index (χ0n) is 18.6. The lowest BCUT2D eigenvalue weighted by Gasteiger charge is -2.27. The van der Waals surface area contributed by atoms with Gasteiger partial charge in [0.05, 0.1) is 23.8 Å². The first kappa shape index (κ1) is 23.7. The quantitative estimate of drug-likeness (QED) is 0.694. The van der Waals surface area contributed by atoms with Crippen LogP contribution < -0.4 is 10.2 Å². The predicted molar refractivity (Wildman–Crippen MR) is 128 cm³/mol. The van der Waals surface area contributed by atoms with Crippen LogP contribution in [-0.2, 0) is 24.3 Å². The SMILES string of the molecule is Cc1ccccc1NC(=O)CN1C(=O)[C@@H](C)CSc2ccc(S(=O)(=O)N3CCOCC3)cc21. The van der Waals surface area contributed by atoms with Crippen LogP contribution in [0.15, 0.2) is 52.3 Å². The lowest BCUT2D eigenvalue weighted by molar-refractivity contribution is -0.123. The van der Waals surface area contributed by atoms with E-state index < -0.39 is 10.0 Å². The topological polar surface area (TPSA) is 96.0 Å². The number of amides is 2. The predicted octanol–water partition coefficient (Wildman–Crippen LogP) is 2.73. The Morgan fingerprint density at radius 2 is 1.91 bits per heavy atom. The Hall–Kier alpha value is -2.40. The number of carbonyl (C=O) groups excluding carboxylic acids is 2. The zero-order chi connectivity index (χ0) is 23.6. The molecule has 2 amide bonds. The number of hydrogen-bond donors (Lipinski definition) is 1. The van der Waals surface area contributed by atoms with Crippen LogP contribution in [0.2, 0.25) is 0 Å². The van der Waals surface area contributed by atoms with Gasteiger partial charge in [-0.3, -0.25) is 9.59 Å². The molecule has 1 saturated heterocycles. The number of para-hydroxylation sites is 1. The molecule has 2 aliphatic heterocycles. The molecule has 0 radical (unpaired) electrons. The van der Waals surface area contributed by atoms with E-state index in [1.165, 1.54) is 27.0 Å². The number of sulfonamides is 1. The molecule has 33 heavy (non-hydrogen) atoms. The normalized spacial score (nSPS) is 19.6. The number of fused-ring (bicyclic) bond motifs is 1. The number of ether oxygens (including phenoxy) is 1. The van der Waals surface area contributed by atoms with Gasteiger partial charge in [0, 0.05) is 35.3 Å². The Balaban J connectivity index is 1.66. The molecular formula is C23H27N3O5S2. The summed E-state index contributed by atoms with van der Waals surface area (Å²) in [6.07, 6.45) is 0. The smallest absolute Gasteiger partial charge is 0.244 e. The van der Waals surface area contributed by atoms with E-state index in [-0.39, 0.29) is 42.3 Å². The lowest BCUT2D eigenvalue weighted by atomic mass is 10.1. The largest absolute Gasteiger partial charge is 0.379 e. The fourth-order valence-corrected chi connectivity index (χ4v) is 6.29. The Kier molecular flexibility index (Phi) is 7.08. The first-order chi connectivity index (χ1) is 15.8.